The summed E-state index contributed by atoms with van der Waals surface area (Å²) in [5.74, 6) is 0. The highest BCUT2D eigenvalue weighted by Crippen LogP contribution is 2.41. The van der Waals surface area contributed by atoms with E-state index in [4.69, 9.17) is 11.6 Å². The quantitative estimate of drug-likeness (QED) is 0.708. The van der Waals surface area contributed by atoms with E-state index < -0.39 is 5.60 Å². The second-order valence-corrected chi connectivity index (χ2v) is 3.83. The van der Waals surface area contributed by atoms with Gasteiger partial charge in [-0.25, -0.2) is 0 Å². The third-order valence-corrected chi connectivity index (χ3v) is 2.78. The first-order chi connectivity index (χ1) is 5.71. The van der Waals surface area contributed by atoms with Crippen LogP contribution in [0.2, 0.25) is 5.02 Å². The molecule has 0 atom stereocenters. The Bertz CT molecular complexity index is 292. The SMILES string of the molecule is OC1(c2cccc(Cl)c2)CCC1. The molecule has 0 bridgehead atoms. The van der Waals surface area contributed by atoms with Crippen molar-refractivity contribution in [1.82, 2.24) is 0 Å². The predicted molar refractivity (Wildman–Crippen MR) is 49.2 cm³/mol. The summed E-state index contributed by atoms with van der Waals surface area (Å²) in [5.41, 5.74) is 0.381. The first-order valence-electron chi connectivity index (χ1n) is 4.19. The Morgan fingerprint density at radius 1 is 1.33 bits per heavy atom. The van der Waals surface area contributed by atoms with E-state index in [1.54, 1.807) is 0 Å². The number of aliphatic hydroxyl groups is 1. The van der Waals surface area contributed by atoms with Crippen molar-refractivity contribution >= 4 is 11.6 Å². The molecule has 64 valence electrons. The standard InChI is InChI=1S/C10H11ClO/c11-9-4-1-3-8(7-9)10(12)5-2-6-10/h1,3-4,7,12H,2,5-6H2. The van der Waals surface area contributed by atoms with Gasteiger partial charge in [-0.2, -0.15) is 0 Å². The normalized spacial score (nSPS) is 20.2. The molecule has 0 heterocycles. The zero-order valence-corrected chi connectivity index (χ0v) is 7.51. The predicted octanol–water partition coefficient (Wildman–Crippen LogP) is 2.71. The fourth-order valence-electron chi connectivity index (χ4n) is 1.58. The van der Waals surface area contributed by atoms with Gasteiger partial charge in [-0.3, -0.25) is 0 Å². The van der Waals surface area contributed by atoms with Gasteiger partial charge in [0.2, 0.25) is 0 Å². The molecule has 1 N–H and O–H groups in total. The molecular formula is C10H11ClO. The summed E-state index contributed by atoms with van der Waals surface area (Å²) in [6.45, 7) is 0. The van der Waals surface area contributed by atoms with Crippen LogP contribution in [0.4, 0.5) is 0 Å². The summed E-state index contributed by atoms with van der Waals surface area (Å²) < 4.78 is 0. The van der Waals surface area contributed by atoms with E-state index in [1.165, 1.54) is 0 Å². The molecule has 0 saturated heterocycles. The first kappa shape index (κ1) is 8.09. The van der Waals surface area contributed by atoms with Crippen LogP contribution in [0.3, 0.4) is 0 Å². The molecule has 1 fully saturated rings. The lowest BCUT2D eigenvalue weighted by molar-refractivity contribution is -0.0387. The minimum Gasteiger partial charge on any atom is -0.385 e. The Kier molecular flexibility index (Phi) is 1.85. The third kappa shape index (κ3) is 1.23. The van der Waals surface area contributed by atoms with Gasteiger partial charge < -0.3 is 5.11 Å². The molecule has 12 heavy (non-hydrogen) atoms. The summed E-state index contributed by atoms with van der Waals surface area (Å²) in [5, 5.41) is 10.6. The highest BCUT2D eigenvalue weighted by molar-refractivity contribution is 6.30. The molecule has 0 spiro atoms. The number of hydrogen-bond donors (Lipinski definition) is 1. The van der Waals surface area contributed by atoms with E-state index in [1.807, 2.05) is 24.3 Å². The van der Waals surface area contributed by atoms with Crippen molar-refractivity contribution in [2.45, 2.75) is 24.9 Å². The van der Waals surface area contributed by atoms with Crippen LogP contribution in [0.1, 0.15) is 24.8 Å². The molecule has 0 radical (unpaired) electrons. The van der Waals surface area contributed by atoms with Crippen molar-refractivity contribution in [3.05, 3.63) is 34.9 Å². The van der Waals surface area contributed by atoms with Crippen molar-refractivity contribution in [1.29, 1.82) is 0 Å². The molecule has 0 aromatic heterocycles. The fourth-order valence-corrected chi connectivity index (χ4v) is 1.77. The Morgan fingerprint density at radius 2 is 2.08 bits per heavy atom. The maximum atomic E-state index is 9.95. The molecule has 1 aromatic rings. The van der Waals surface area contributed by atoms with E-state index in [2.05, 4.69) is 0 Å². The lowest BCUT2D eigenvalue weighted by Crippen LogP contribution is -2.33. The minimum absolute atomic E-state index is 0.578. The smallest absolute Gasteiger partial charge is 0.0897 e. The Hall–Kier alpha value is -0.530. The van der Waals surface area contributed by atoms with Gasteiger partial charge in [0.05, 0.1) is 5.60 Å². The van der Waals surface area contributed by atoms with Gasteiger partial charge in [0.25, 0.3) is 0 Å². The van der Waals surface area contributed by atoms with E-state index >= 15 is 0 Å². The molecule has 0 aliphatic heterocycles. The van der Waals surface area contributed by atoms with Crippen molar-refractivity contribution in [2.75, 3.05) is 0 Å². The molecule has 2 heteroatoms. The monoisotopic (exact) mass is 182 g/mol. The highest BCUT2D eigenvalue weighted by atomic mass is 35.5. The van der Waals surface area contributed by atoms with E-state index in [0.717, 1.165) is 24.8 Å². The second-order valence-electron chi connectivity index (χ2n) is 3.40. The maximum absolute atomic E-state index is 9.95. The highest BCUT2D eigenvalue weighted by Gasteiger charge is 2.35. The average Bonchev–Trinajstić information content (AvgIpc) is 2.00. The van der Waals surface area contributed by atoms with Crippen LogP contribution in [-0.2, 0) is 5.60 Å². The zero-order valence-electron chi connectivity index (χ0n) is 6.76. The minimum atomic E-state index is -0.578. The van der Waals surface area contributed by atoms with Crippen molar-refractivity contribution in [3.63, 3.8) is 0 Å². The molecule has 0 unspecified atom stereocenters. The largest absolute Gasteiger partial charge is 0.385 e. The molecule has 1 aliphatic rings. The summed E-state index contributed by atoms with van der Waals surface area (Å²) in [4.78, 5) is 0. The summed E-state index contributed by atoms with van der Waals surface area (Å²) in [6.07, 6.45) is 2.85. The fraction of sp³-hybridized carbons (Fsp3) is 0.400. The second kappa shape index (κ2) is 2.75. The van der Waals surface area contributed by atoms with Crippen molar-refractivity contribution in [3.8, 4) is 0 Å². The lowest BCUT2D eigenvalue weighted by atomic mass is 9.75. The van der Waals surface area contributed by atoms with Gasteiger partial charge in [0, 0.05) is 5.02 Å². The van der Waals surface area contributed by atoms with Crippen LogP contribution in [0.5, 0.6) is 0 Å². The van der Waals surface area contributed by atoms with Crippen molar-refractivity contribution < 1.29 is 5.11 Å². The van der Waals surface area contributed by atoms with Gasteiger partial charge in [-0.1, -0.05) is 23.7 Å². The first-order valence-corrected chi connectivity index (χ1v) is 4.57. The molecule has 1 saturated carbocycles. The molecule has 1 aromatic carbocycles. The molecule has 1 aliphatic carbocycles. The number of rotatable bonds is 1. The number of benzene rings is 1. The Balaban J connectivity index is 2.33. The molecule has 2 rings (SSSR count). The Labute approximate surface area is 77.0 Å². The van der Waals surface area contributed by atoms with Gasteiger partial charge in [-0.15, -0.1) is 0 Å². The third-order valence-electron chi connectivity index (χ3n) is 2.54. The van der Waals surface area contributed by atoms with E-state index in [0.29, 0.717) is 5.02 Å². The van der Waals surface area contributed by atoms with Gasteiger partial charge in [-0.05, 0) is 37.0 Å². The topological polar surface area (TPSA) is 20.2 Å². The van der Waals surface area contributed by atoms with Crippen LogP contribution >= 0.6 is 11.6 Å². The van der Waals surface area contributed by atoms with Gasteiger partial charge in [0.1, 0.15) is 0 Å². The average molecular weight is 183 g/mol. The van der Waals surface area contributed by atoms with E-state index in [9.17, 15) is 5.11 Å². The lowest BCUT2D eigenvalue weighted by Gasteiger charge is -2.37. The van der Waals surface area contributed by atoms with E-state index in [-0.39, 0.29) is 0 Å². The maximum Gasteiger partial charge on any atom is 0.0897 e. The van der Waals surface area contributed by atoms with Crippen LogP contribution in [0, 0.1) is 0 Å². The Morgan fingerprint density at radius 3 is 2.58 bits per heavy atom. The zero-order chi connectivity index (χ0) is 8.60. The summed E-state index contributed by atoms with van der Waals surface area (Å²) >= 11 is 5.82. The van der Waals surface area contributed by atoms with Gasteiger partial charge in [0.15, 0.2) is 0 Å². The molecule has 1 nitrogen and oxygen atoms in total. The number of hydrogen-bond acceptors (Lipinski definition) is 1. The summed E-state index contributed by atoms with van der Waals surface area (Å²) in [6, 6.07) is 7.49. The van der Waals surface area contributed by atoms with Crippen LogP contribution in [0.25, 0.3) is 0 Å². The van der Waals surface area contributed by atoms with Crippen molar-refractivity contribution in [2.24, 2.45) is 0 Å². The van der Waals surface area contributed by atoms with Gasteiger partial charge >= 0.3 is 0 Å². The van der Waals surface area contributed by atoms with Crippen LogP contribution in [-0.4, -0.2) is 5.11 Å². The number of halogens is 1. The van der Waals surface area contributed by atoms with Crippen LogP contribution in [0.15, 0.2) is 24.3 Å². The summed E-state index contributed by atoms with van der Waals surface area (Å²) in [7, 11) is 0. The molecule has 0 amide bonds. The molecular weight excluding hydrogens is 172 g/mol. The van der Waals surface area contributed by atoms with Crippen LogP contribution < -0.4 is 0 Å².